The van der Waals surface area contributed by atoms with Crippen LogP contribution in [0, 0.1) is 32.8 Å². The Labute approximate surface area is 242 Å². The third-order valence-electron chi connectivity index (χ3n) is 7.37. The van der Waals surface area contributed by atoms with Gasteiger partial charge in [-0.1, -0.05) is 51.1 Å². The Hall–Kier alpha value is -3.81. The van der Waals surface area contributed by atoms with Gasteiger partial charge in [0.2, 0.25) is 0 Å². The smallest absolute Gasteiger partial charge is 0.270 e. The lowest BCUT2D eigenvalue weighted by Crippen LogP contribution is -2.26. The zero-order valence-electron chi connectivity index (χ0n) is 22.9. The predicted molar refractivity (Wildman–Crippen MR) is 160 cm³/mol. The average molecular weight is 571 g/mol. The highest BCUT2D eigenvalue weighted by molar-refractivity contribution is 7.99. The Morgan fingerprint density at radius 2 is 2.02 bits per heavy atom. The summed E-state index contributed by atoms with van der Waals surface area (Å²) in [5.41, 5.74) is 3.47. The molecule has 0 radical (unpaired) electrons. The molecule has 0 saturated carbocycles. The molecule has 4 aromatic rings. The van der Waals surface area contributed by atoms with Gasteiger partial charge in [0.05, 0.1) is 10.5 Å². The Bertz CT molecular complexity index is 1630. The second kappa shape index (κ2) is 11.4. The Kier molecular flexibility index (Phi) is 7.88. The maximum absolute atomic E-state index is 11.6. The second-order valence-electron chi connectivity index (χ2n) is 10.9. The summed E-state index contributed by atoms with van der Waals surface area (Å²) in [6.45, 7) is 9.50. The van der Waals surface area contributed by atoms with E-state index in [0.717, 1.165) is 41.1 Å². The first-order chi connectivity index (χ1) is 19.2. The predicted octanol–water partition coefficient (Wildman–Crippen LogP) is 7.86. The van der Waals surface area contributed by atoms with Crippen LogP contribution < -0.4 is 0 Å². The number of non-ortho nitro benzene ring substituents is 1. The molecule has 8 nitrogen and oxygen atoms in total. The van der Waals surface area contributed by atoms with Crippen molar-refractivity contribution in [1.82, 2.24) is 14.8 Å². The van der Waals surface area contributed by atoms with E-state index in [2.05, 4.69) is 37.0 Å². The number of hydrogen-bond donors (Lipinski definition) is 0. The zero-order chi connectivity index (χ0) is 28.4. The van der Waals surface area contributed by atoms with E-state index in [1.165, 1.54) is 28.8 Å². The fraction of sp³-hybridized carbons (Fsp3) is 0.333. The molecule has 0 amide bonds. The third-order valence-corrected chi connectivity index (χ3v) is 9.61. The molecule has 1 atom stereocenters. The summed E-state index contributed by atoms with van der Waals surface area (Å²) in [6, 6.07) is 17.0. The van der Waals surface area contributed by atoms with E-state index in [4.69, 9.17) is 4.99 Å². The molecule has 1 aliphatic carbocycles. The number of thiophene rings is 1. The van der Waals surface area contributed by atoms with Gasteiger partial charge in [0.1, 0.15) is 11.1 Å². The molecule has 5 rings (SSSR count). The molecule has 2 heterocycles. The van der Waals surface area contributed by atoms with Gasteiger partial charge in [-0.2, -0.15) is 5.26 Å². The maximum atomic E-state index is 11.6. The number of aromatic nitrogens is 3. The molecule has 204 valence electrons. The summed E-state index contributed by atoms with van der Waals surface area (Å²) in [5.74, 6) is 1.32. The van der Waals surface area contributed by atoms with Gasteiger partial charge in [-0.25, -0.2) is 4.99 Å². The standard InChI is InChI=1S/C30H30N6O2S2/c1-5-35-27(19-9-7-6-8-10-19)33-34-29(35)40-25-14-12-22(36(37)38)15-20(25)18-32-28-24(17-31)23-13-11-21(30(2,3)4)16-26(23)39-28/h6-10,12,14-15,18,21H,5,11,13,16H2,1-4H3/t21-/m1/s1. The molecular weight excluding hydrogens is 541 g/mol. The first-order valence-corrected chi connectivity index (χ1v) is 14.9. The fourth-order valence-electron chi connectivity index (χ4n) is 5.04. The number of aliphatic imine (C=N–C) groups is 1. The van der Waals surface area contributed by atoms with Crippen LogP contribution in [0.25, 0.3) is 11.4 Å². The van der Waals surface area contributed by atoms with Gasteiger partial charge in [-0.3, -0.25) is 10.1 Å². The number of nitro benzene ring substituents is 1. The van der Waals surface area contributed by atoms with Crippen molar-refractivity contribution < 1.29 is 4.92 Å². The summed E-state index contributed by atoms with van der Waals surface area (Å²) >= 11 is 2.96. The first-order valence-electron chi connectivity index (χ1n) is 13.2. The van der Waals surface area contributed by atoms with Crippen molar-refractivity contribution in [2.45, 2.75) is 63.6 Å². The van der Waals surface area contributed by atoms with Crippen LogP contribution in [-0.2, 0) is 19.4 Å². The highest BCUT2D eigenvalue weighted by Gasteiger charge is 2.32. The zero-order valence-corrected chi connectivity index (χ0v) is 24.6. The molecule has 10 heteroatoms. The van der Waals surface area contributed by atoms with Crippen molar-refractivity contribution >= 4 is 40.0 Å². The Morgan fingerprint density at radius 1 is 1.25 bits per heavy atom. The maximum Gasteiger partial charge on any atom is 0.270 e. The molecule has 1 aliphatic rings. The quantitative estimate of drug-likeness (QED) is 0.127. The van der Waals surface area contributed by atoms with E-state index < -0.39 is 4.92 Å². The number of rotatable bonds is 7. The van der Waals surface area contributed by atoms with E-state index in [0.29, 0.717) is 33.7 Å². The molecule has 0 fully saturated rings. The Morgan fingerprint density at radius 3 is 2.70 bits per heavy atom. The van der Waals surface area contributed by atoms with E-state index in [1.807, 2.05) is 41.8 Å². The lowest BCUT2D eigenvalue weighted by Gasteiger charge is -2.33. The molecule has 2 aromatic heterocycles. The fourth-order valence-corrected chi connectivity index (χ4v) is 7.23. The molecule has 0 aliphatic heterocycles. The molecule has 0 saturated heterocycles. The minimum Gasteiger partial charge on any atom is -0.302 e. The van der Waals surface area contributed by atoms with Gasteiger partial charge >= 0.3 is 0 Å². The average Bonchev–Trinajstić information content (AvgIpc) is 3.52. The summed E-state index contributed by atoms with van der Waals surface area (Å²) in [7, 11) is 0. The third kappa shape index (κ3) is 5.58. The second-order valence-corrected chi connectivity index (χ2v) is 13.0. The Balaban J connectivity index is 1.50. The SMILES string of the molecule is CCn1c(Sc2ccc([N+](=O)[O-])cc2C=Nc2sc3c(c2C#N)CC[C@@H](C(C)(C)C)C3)nnc1-c1ccccc1. The van der Waals surface area contributed by atoms with E-state index in [9.17, 15) is 15.4 Å². The highest BCUT2D eigenvalue weighted by Crippen LogP contribution is 2.45. The number of nitrogens with zero attached hydrogens (tertiary/aromatic N) is 6. The number of fused-ring (bicyclic) bond motifs is 1. The van der Waals surface area contributed by atoms with Gasteiger partial charge in [-0.05, 0) is 60.9 Å². The minimum atomic E-state index is -0.412. The highest BCUT2D eigenvalue weighted by atomic mass is 32.2. The van der Waals surface area contributed by atoms with Crippen molar-refractivity contribution in [3.05, 3.63) is 80.2 Å². The monoisotopic (exact) mass is 570 g/mol. The van der Waals surface area contributed by atoms with E-state index in [-0.39, 0.29) is 11.1 Å². The minimum absolute atomic E-state index is 0.0215. The molecule has 0 unspecified atom stereocenters. The lowest BCUT2D eigenvalue weighted by molar-refractivity contribution is -0.384. The largest absolute Gasteiger partial charge is 0.302 e. The van der Waals surface area contributed by atoms with Gasteiger partial charge in [0, 0.05) is 45.8 Å². The molecule has 0 N–H and O–H groups in total. The van der Waals surface area contributed by atoms with Crippen LogP contribution in [0.3, 0.4) is 0 Å². The normalized spacial score (nSPS) is 15.2. The van der Waals surface area contributed by atoms with Crippen molar-refractivity contribution in [2.75, 3.05) is 0 Å². The number of hydrogen-bond acceptors (Lipinski definition) is 8. The summed E-state index contributed by atoms with van der Waals surface area (Å²) in [5, 5.41) is 31.8. The summed E-state index contributed by atoms with van der Waals surface area (Å²) in [6.07, 6.45) is 4.52. The van der Waals surface area contributed by atoms with E-state index in [1.54, 1.807) is 23.6 Å². The van der Waals surface area contributed by atoms with Crippen LogP contribution in [0.2, 0.25) is 0 Å². The van der Waals surface area contributed by atoms with Gasteiger partial charge < -0.3 is 4.57 Å². The van der Waals surface area contributed by atoms with Crippen molar-refractivity contribution in [2.24, 2.45) is 16.3 Å². The van der Waals surface area contributed by atoms with Crippen LogP contribution in [0.4, 0.5) is 10.7 Å². The summed E-state index contributed by atoms with van der Waals surface area (Å²) in [4.78, 5) is 17.9. The van der Waals surface area contributed by atoms with E-state index >= 15 is 0 Å². The molecule has 0 spiro atoms. The van der Waals surface area contributed by atoms with Crippen molar-refractivity contribution in [3.8, 4) is 17.5 Å². The number of nitro groups is 1. The van der Waals surface area contributed by atoms with Gasteiger partial charge in [0.25, 0.3) is 5.69 Å². The van der Waals surface area contributed by atoms with Gasteiger partial charge in [-0.15, -0.1) is 21.5 Å². The molecule has 40 heavy (non-hydrogen) atoms. The van der Waals surface area contributed by atoms with Gasteiger partial charge in [0.15, 0.2) is 11.0 Å². The lowest BCUT2D eigenvalue weighted by atomic mass is 9.72. The number of nitriles is 1. The summed E-state index contributed by atoms with van der Waals surface area (Å²) < 4.78 is 2.02. The van der Waals surface area contributed by atoms with Crippen LogP contribution >= 0.6 is 23.1 Å². The van der Waals surface area contributed by atoms with Crippen LogP contribution in [0.5, 0.6) is 0 Å². The van der Waals surface area contributed by atoms with Crippen molar-refractivity contribution in [1.29, 1.82) is 5.26 Å². The molecular formula is C30H30N6O2S2. The molecule has 0 bridgehead atoms. The van der Waals surface area contributed by atoms with Crippen LogP contribution in [0.1, 0.15) is 55.7 Å². The number of benzene rings is 2. The van der Waals surface area contributed by atoms with Crippen LogP contribution in [-0.4, -0.2) is 25.9 Å². The van der Waals surface area contributed by atoms with Crippen LogP contribution in [0.15, 0.2) is 63.6 Å². The molecule has 2 aromatic carbocycles. The topological polar surface area (TPSA) is 110 Å². The van der Waals surface area contributed by atoms with Crippen molar-refractivity contribution in [3.63, 3.8) is 0 Å². The first kappa shape index (κ1) is 27.7.